The lowest BCUT2D eigenvalue weighted by Gasteiger charge is -2.16. The summed E-state index contributed by atoms with van der Waals surface area (Å²) in [5.74, 6) is 1.95. The molecule has 1 aromatic carbocycles. The zero-order valence-electron chi connectivity index (χ0n) is 12.7. The van der Waals surface area contributed by atoms with Crippen molar-refractivity contribution in [2.45, 2.75) is 19.8 Å². The fourth-order valence-electron chi connectivity index (χ4n) is 1.83. The summed E-state index contributed by atoms with van der Waals surface area (Å²) >= 11 is 0. The van der Waals surface area contributed by atoms with Gasteiger partial charge in [0.2, 0.25) is 15.8 Å². The lowest BCUT2D eigenvalue weighted by atomic mass is 10.1. The summed E-state index contributed by atoms with van der Waals surface area (Å²) in [6.45, 7) is 2.41. The first-order valence-corrected chi connectivity index (χ1v) is 8.43. The van der Waals surface area contributed by atoms with Crippen molar-refractivity contribution in [3.05, 3.63) is 18.2 Å². The molecule has 0 bridgehead atoms. The number of nitrogens with two attached hydrogens (primary N) is 1. The summed E-state index contributed by atoms with van der Waals surface area (Å²) in [5.41, 5.74) is 0. The van der Waals surface area contributed by atoms with E-state index in [2.05, 4.69) is 0 Å². The second-order valence-electron chi connectivity index (χ2n) is 4.89. The fraction of sp³-hybridized carbons (Fsp3) is 0.571. The summed E-state index contributed by atoms with van der Waals surface area (Å²) in [5, 5.41) is 4.99. The van der Waals surface area contributed by atoms with Crippen LogP contribution in [0.2, 0.25) is 0 Å². The molecule has 0 aliphatic carbocycles. The molecule has 0 saturated carbocycles. The number of hydrogen-bond acceptors (Lipinski definition) is 5. The third-order valence-electron chi connectivity index (χ3n) is 3.13. The predicted octanol–water partition coefficient (Wildman–Crippen LogP) is 1.79. The molecule has 21 heavy (non-hydrogen) atoms. The third kappa shape index (κ3) is 6.22. The van der Waals surface area contributed by atoms with Gasteiger partial charge in [-0.2, -0.15) is 0 Å². The van der Waals surface area contributed by atoms with Crippen LogP contribution in [0.5, 0.6) is 17.2 Å². The summed E-state index contributed by atoms with van der Waals surface area (Å²) in [6, 6.07) is 5.41. The lowest BCUT2D eigenvalue weighted by Crippen LogP contribution is -2.18. The standard InChI is InChI=1S/C14H23NO5S/c1-11(8-10-21(15,16)17)7-9-20-14-12(18-2)5-4-6-13(14)19-3/h4-6,11H,7-10H2,1-3H3,(H2,15,16,17). The van der Waals surface area contributed by atoms with Crippen LogP contribution in [-0.4, -0.2) is 35.0 Å². The highest BCUT2D eigenvalue weighted by atomic mass is 32.2. The minimum absolute atomic E-state index is 0.00779. The number of benzene rings is 1. The van der Waals surface area contributed by atoms with Crippen LogP contribution in [0.15, 0.2) is 18.2 Å². The molecule has 0 radical (unpaired) electrons. The van der Waals surface area contributed by atoms with E-state index in [0.29, 0.717) is 30.3 Å². The molecule has 2 N–H and O–H groups in total. The maximum absolute atomic E-state index is 10.9. The molecule has 0 aliphatic rings. The highest BCUT2D eigenvalue weighted by Gasteiger charge is 2.13. The molecule has 1 aromatic rings. The minimum atomic E-state index is -3.40. The van der Waals surface area contributed by atoms with Gasteiger partial charge < -0.3 is 14.2 Å². The van der Waals surface area contributed by atoms with E-state index >= 15 is 0 Å². The Labute approximate surface area is 126 Å². The van der Waals surface area contributed by atoms with Gasteiger partial charge in [0.15, 0.2) is 11.5 Å². The van der Waals surface area contributed by atoms with Gasteiger partial charge in [-0.3, -0.25) is 0 Å². The maximum atomic E-state index is 10.9. The van der Waals surface area contributed by atoms with Crippen LogP contribution in [0.3, 0.4) is 0 Å². The molecule has 0 spiro atoms. The number of hydrogen-bond donors (Lipinski definition) is 1. The van der Waals surface area contributed by atoms with Crippen LogP contribution in [0.25, 0.3) is 0 Å². The number of sulfonamides is 1. The van der Waals surface area contributed by atoms with Crippen LogP contribution in [0, 0.1) is 5.92 Å². The number of para-hydroxylation sites is 1. The first kappa shape index (κ1) is 17.6. The molecule has 0 aliphatic heterocycles. The van der Waals surface area contributed by atoms with Gasteiger partial charge in [-0.15, -0.1) is 0 Å². The average molecular weight is 317 g/mol. The van der Waals surface area contributed by atoms with Crippen LogP contribution in [0.1, 0.15) is 19.8 Å². The first-order valence-electron chi connectivity index (χ1n) is 6.71. The Bertz CT molecular complexity index is 522. The van der Waals surface area contributed by atoms with E-state index in [4.69, 9.17) is 19.3 Å². The normalized spacial score (nSPS) is 12.8. The molecule has 6 nitrogen and oxygen atoms in total. The largest absolute Gasteiger partial charge is 0.493 e. The Balaban J connectivity index is 2.52. The van der Waals surface area contributed by atoms with E-state index in [0.717, 1.165) is 6.42 Å². The van der Waals surface area contributed by atoms with E-state index in [9.17, 15) is 8.42 Å². The van der Waals surface area contributed by atoms with Crippen LogP contribution < -0.4 is 19.3 Å². The molecule has 7 heteroatoms. The lowest BCUT2D eigenvalue weighted by molar-refractivity contribution is 0.253. The van der Waals surface area contributed by atoms with E-state index in [1.54, 1.807) is 26.4 Å². The number of ether oxygens (including phenoxy) is 3. The quantitative estimate of drug-likeness (QED) is 0.750. The van der Waals surface area contributed by atoms with Gasteiger partial charge in [-0.1, -0.05) is 13.0 Å². The third-order valence-corrected chi connectivity index (χ3v) is 3.94. The van der Waals surface area contributed by atoms with Crippen molar-refractivity contribution in [3.63, 3.8) is 0 Å². The zero-order valence-corrected chi connectivity index (χ0v) is 13.5. The smallest absolute Gasteiger partial charge is 0.209 e. The number of methoxy groups -OCH3 is 2. The zero-order chi connectivity index (χ0) is 15.9. The Morgan fingerprint density at radius 1 is 1.14 bits per heavy atom. The molecule has 0 heterocycles. The maximum Gasteiger partial charge on any atom is 0.209 e. The molecule has 1 atom stereocenters. The highest BCUT2D eigenvalue weighted by molar-refractivity contribution is 7.89. The van der Waals surface area contributed by atoms with Crippen molar-refractivity contribution in [1.29, 1.82) is 0 Å². The monoisotopic (exact) mass is 317 g/mol. The summed E-state index contributed by atoms with van der Waals surface area (Å²) < 4.78 is 38.0. The Morgan fingerprint density at radius 2 is 1.71 bits per heavy atom. The fourth-order valence-corrected chi connectivity index (χ4v) is 2.56. The van der Waals surface area contributed by atoms with Gasteiger partial charge in [0, 0.05) is 0 Å². The van der Waals surface area contributed by atoms with E-state index < -0.39 is 10.0 Å². The minimum Gasteiger partial charge on any atom is -0.493 e. The second-order valence-corrected chi connectivity index (χ2v) is 6.62. The molecule has 0 amide bonds. The number of rotatable bonds is 9. The van der Waals surface area contributed by atoms with E-state index in [-0.39, 0.29) is 11.7 Å². The molecular weight excluding hydrogens is 294 g/mol. The average Bonchev–Trinajstić information content (AvgIpc) is 2.44. The molecule has 120 valence electrons. The molecule has 0 saturated heterocycles. The first-order chi connectivity index (χ1) is 9.87. The van der Waals surface area contributed by atoms with Gasteiger partial charge >= 0.3 is 0 Å². The Hall–Kier alpha value is -1.47. The van der Waals surface area contributed by atoms with Gasteiger partial charge in [-0.05, 0) is 30.9 Å². The summed E-state index contributed by atoms with van der Waals surface area (Å²) in [4.78, 5) is 0. The van der Waals surface area contributed by atoms with Crippen molar-refractivity contribution < 1.29 is 22.6 Å². The SMILES string of the molecule is COc1cccc(OC)c1OCCC(C)CCS(N)(=O)=O. The van der Waals surface area contributed by atoms with Crippen molar-refractivity contribution in [1.82, 2.24) is 0 Å². The van der Waals surface area contributed by atoms with Crippen molar-refractivity contribution >= 4 is 10.0 Å². The summed E-state index contributed by atoms with van der Waals surface area (Å²) in [6.07, 6.45) is 1.24. The topological polar surface area (TPSA) is 87.8 Å². The summed E-state index contributed by atoms with van der Waals surface area (Å²) in [7, 11) is -0.267. The van der Waals surface area contributed by atoms with Crippen LogP contribution >= 0.6 is 0 Å². The number of primary sulfonamides is 1. The van der Waals surface area contributed by atoms with Gasteiger partial charge in [0.05, 0.1) is 26.6 Å². The van der Waals surface area contributed by atoms with Crippen molar-refractivity contribution in [3.8, 4) is 17.2 Å². The van der Waals surface area contributed by atoms with Crippen LogP contribution in [0.4, 0.5) is 0 Å². The van der Waals surface area contributed by atoms with E-state index in [1.165, 1.54) is 0 Å². The Kier molecular flexibility index (Phi) is 6.77. The second kappa shape index (κ2) is 8.09. The van der Waals surface area contributed by atoms with Crippen LogP contribution in [-0.2, 0) is 10.0 Å². The van der Waals surface area contributed by atoms with Gasteiger partial charge in [0.1, 0.15) is 0 Å². The van der Waals surface area contributed by atoms with Gasteiger partial charge in [-0.25, -0.2) is 13.6 Å². The van der Waals surface area contributed by atoms with Gasteiger partial charge in [0.25, 0.3) is 0 Å². The van der Waals surface area contributed by atoms with E-state index in [1.807, 2.05) is 13.0 Å². The molecule has 0 fully saturated rings. The molecule has 1 unspecified atom stereocenters. The van der Waals surface area contributed by atoms with Crippen molar-refractivity contribution in [2.24, 2.45) is 11.1 Å². The van der Waals surface area contributed by atoms with Crippen molar-refractivity contribution in [2.75, 3.05) is 26.6 Å². The Morgan fingerprint density at radius 3 is 2.19 bits per heavy atom. The molecular formula is C14H23NO5S. The predicted molar refractivity (Wildman–Crippen MR) is 81.4 cm³/mol. The molecule has 1 rings (SSSR count). The highest BCUT2D eigenvalue weighted by Crippen LogP contribution is 2.36. The molecule has 0 aromatic heterocycles.